The van der Waals surface area contributed by atoms with Crippen molar-refractivity contribution < 1.29 is 0 Å². The van der Waals surface area contributed by atoms with E-state index in [-0.39, 0.29) is 0 Å². The molecule has 1 saturated heterocycles. The molecule has 1 fully saturated rings. The van der Waals surface area contributed by atoms with Gasteiger partial charge in [0.2, 0.25) is 0 Å². The van der Waals surface area contributed by atoms with E-state index in [4.69, 9.17) is 0 Å². The molecule has 1 unspecified atom stereocenters. The van der Waals surface area contributed by atoms with Crippen molar-refractivity contribution in [2.45, 2.75) is 38.3 Å². The minimum absolute atomic E-state index is 0.586. The van der Waals surface area contributed by atoms with E-state index in [1.807, 2.05) is 0 Å². The molecule has 1 atom stereocenters. The predicted octanol–water partition coefficient (Wildman–Crippen LogP) is 3.97. The summed E-state index contributed by atoms with van der Waals surface area (Å²) in [5.74, 6) is 0. The molecule has 2 aromatic carbocycles. The van der Waals surface area contributed by atoms with Gasteiger partial charge in [0.15, 0.2) is 0 Å². The van der Waals surface area contributed by atoms with Gasteiger partial charge in [0.05, 0.1) is 6.67 Å². The highest BCUT2D eigenvalue weighted by atomic mass is 15.4. The molecule has 0 saturated carbocycles. The highest BCUT2D eigenvalue weighted by Crippen LogP contribution is 2.41. The summed E-state index contributed by atoms with van der Waals surface area (Å²) in [6.45, 7) is 6.85. The van der Waals surface area contributed by atoms with Gasteiger partial charge in [-0.3, -0.25) is 4.90 Å². The molecule has 25 heavy (non-hydrogen) atoms. The molecular weight excluding hydrogens is 306 g/mol. The largest absolute Gasteiger partial charge is 0.359 e. The summed E-state index contributed by atoms with van der Waals surface area (Å²) in [5.41, 5.74) is 3.10. The van der Waals surface area contributed by atoms with Crippen molar-refractivity contribution in [1.29, 1.82) is 0 Å². The van der Waals surface area contributed by atoms with Crippen LogP contribution in [0.15, 0.2) is 48.8 Å². The molecule has 3 aliphatic rings. The van der Waals surface area contributed by atoms with E-state index in [1.54, 1.807) is 11.1 Å². The van der Waals surface area contributed by atoms with E-state index < -0.39 is 0 Å². The van der Waals surface area contributed by atoms with E-state index >= 15 is 0 Å². The van der Waals surface area contributed by atoms with Crippen LogP contribution in [0.4, 0.5) is 0 Å². The quantitative estimate of drug-likeness (QED) is 0.841. The molecule has 5 rings (SSSR count). The average molecular weight is 333 g/mol. The van der Waals surface area contributed by atoms with Gasteiger partial charge in [-0.25, -0.2) is 0 Å². The third-order valence-electron chi connectivity index (χ3n) is 6.42. The van der Waals surface area contributed by atoms with E-state index in [9.17, 15) is 0 Å². The van der Waals surface area contributed by atoms with Gasteiger partial charge in [0.25, 0.3) is 0 Å². The minimum Gasteiger partial charge on any atom is -0.359 e. The molecule has 3 nitrogen and oxygen atoms in total. The lowest BCUT2D eigenvalue weighted by Gasteiger charge is -2.40. The maximum absolute atomic E-state index is 2.74. The van der Waals surface area contributed by atoms with E-state index in [0.29, 0.717) is 12.1 Å². The minimum atomic E-state index is 0.586. The summed E-state index contributed by atoms with van der Waals surface area (Å²) in [4.78, 5) is 7.67. The molecule has 0 spiro atoms. The van der Waals surface area contributed by atoms with E-state index in [2.05, 4.69) is 70.4 Å². The summed E-state index contributed by atoms with van der Waals surface area (Å²) in [5, 5.41) is 2.94. The number of likely N-dealkylation sites (tertiary alicyclic amines) is 1. The van der Waals surface area contributed by atoms with Crippen LogP contribution >= 0.6 is 0 Å². The zero-order valence-corrected chi connectivity index (χ0v) is 15.1. The fourth-order valence-electron chi connectivity index (χ4n) is 5.00. The Labute approximate surface area is 150 Å². The van der Waals surface area contributed by atoms with Crippen LogP contribution in [-0.2, 0) is 6.42 Å². The first-order valence-corrected chi connectivity index (χ1v) is 9.76. The maximum Gasteiger partial charge on any atom is 0.0896 e. The third kappa shape index (κ3) is 2.53. The van der Waals surface area contributed by atoms with Crippen LogP contribution in [0.3, 0.4) is 0 Å². The second kappa shape index (κ2) is 6.06. The summed E-state index contributed by atoms with van der Waals surface area (Å²) in [6.07, 6.45) is 8.31. The van der Waals surface area contributed by atoms with Crippen molar-refractivity contribution in [1.82, 2.24) is 14.7 Å². The number of nitrogens with zero attached hydrogens (tertiary/aromatic N) is 3. The Kier molecular flexibility index (Phi) is 3.70. The van der Waals surface area contributed by atoms with Crippen LogP contribution in [0.25, 0.3) is 10.8 Å². The van der Waals surface area contributed by atoms with E-state index in [1.165, 1.54) is 43.1 Å². The van der Waals surface area contributed by atoms with Crippen LogP contribution in [-0.4, -0.2) is 47.0 Å². The van der Waals surface area contributed by atoms with Crippen molar-refractivity contribution in [2.24, 2.45) is 0 Å². The lowest BCUT2D eigenvalue weighted by molar-refractivity contribution is 0.0982. The lowest BCUT2D eigenvalue weighted by atomic mass is 9.99. The van der Waals surface area contributed by atoms with Crippen molar-refractivity contribution in [3.8, 4) is 0 Å². The standard InChI is InChI=1S/C22H27N3/c1-2-23-13-14-25(16-23)19-9-11-24(12-10-19)21-15-18-7-3-5-17-6-4-8-20(21)22(17)18/h3-8,13-14,19,21H,2,9-12,15-16H2,1H3. The Morgan fingerprint density at radius 3 is 2.56 bits per heavy atom. The van der Waals surface area contributed by atoms with Gasteiger partial charge in [0, 0.05) is 44.1 Å². The normalized spacial score (nSPS) is 24.0. The number of hydrogen-bond donors (Lipinski definition) is 0. The van der Waals surface area contributed by atoms with Crippen molar-refractivity contribution >= 4 is 10.8 Å². The first-order valence-electron chi connectivity index (χ1n) is 9.76. The van der Waals surface area contributed by atoms with Crippen molar-refractivity contribution in [2.75, 3.05) is 26.3 Å². The SMILES string of the molecule is CCN1C=CN(C2CCN(C3Cc4cccc5cccc3c45)CC2)C1. The highest BCUT2D eigenvalue weighted by molar-refractivity contribution is 5.91. The topological polar surface area (TPSA) is 9.72 Å². The molecule has 0 radical (unpaired) electrons. The number of hydrogen-bond acceptors (Lipinski definition) is 3. The average Bonchev–Trinajstić information content (AvgIpc) is 3.29. The first kappa shape index (κ1) is 15.3. The maximum atomic E-state index is 2.74. The first-order chi connectivity index (χ1) is 12.3. The van der Waals surface area contributed by atoms with Crippen LogP contribution in [0.2, 0.25) is 0 Å². The Morgan fingerprint density at radius 1 is 1.00 bits per heavy atom. The predicted molar refractivity (Wildman–Crippen MR) is 103 cm³/mol. The molecule has 2 aliphatic heterocycles. The number of benzene rings is 2. The molecule has 130 valence electrons. The van der Waals surface area contributed by atoms with Crippen LogP contribution in [0, 0.1) is 0 Å². The molecule has 1 aliphatic carbocycles. The monoisotopic (exact) mass is 333 g/mol. The molecular formula is C22H27N3. The summed E-state index contributed by atoms with van der Waals surface area (Å²) in [6, 6.07) is 15.0. The van der Waals surface area contributed by atoms with Gasteiger partial charge in [-0.15, -0.1) is 0 Å². The lowest BCUT2D eigenvalue weighted by Crippen LogP contribution is -2.44. The number of piperidine rings is 1. The highest BCUT2D eigenvalue weighted by Gasteiger charge is 2.33. The second-order valence-electron chi connectivity index (χ2n) is 7.71. The Bertz CT molecular complexity index is 799. The van der Waals surface area contributed by atoms with Crippen molar-refractivity contribution in [3.63, 3.8) is 0 Å². The van der Waals surface area contributed by atoms with Crippen LogP contribution in [0.1, 0.15) is 36.9 Å². The Hall–Kier alpha value is -2.00. The molecule has 0 amide bonds. The Balaban J connectivity index is 1.30. The van der Waals surface area contributed by atoms with Gasteiger partial charge in [-0.1, -0.05) is 36.4 Å². The fraction of sp³-hybridized carbons (Fsp3) is 0.455. The second-order valence-corrected chi connectivity index (χ2v) is 7.71. The van der Waals surface area contributed by atoms with Gasteiger partial charge >= 0.3 is 0 Å². The Morgan fingerprint density at radius 2 is 1.80 bits per heavy atom. The summed E-state index contributed by atoms with van der Waals surface area (Å²) < 4.78 is 0. The molecule has 2 aromatic rings. The van der Waals surface area contributed by atoms with Crippen LogP contribution < -0.4 is 0 Å². The smallest absolute Gasteiger partial charge is 0.0896 e. The molecule has 0 aromatic heterocycles. The van der Waals surface area contributed by atoms with Gasteiger partial charge < -0.3 is 9.80 Å². The van der Waals surface area contributed by atoms with E-state index in [0.717, 1.165) is 13.2 Å². The fourth-order valence-corrected chi connectivity index (χ4v) is 5.00. The van der Waals surface area contributed by atoms with Gasteiger partial charge in [0.1, 0.15) is 0 Å². The molecule has 0 N–H and O–H groups in total. The third-order valence-corrected chi connectivity index (χ3v) is 6.42. The van der Waals surface area contributed by atoms with Crippen molar-refractivity contribution in [3.05, 3.63) is 59.9 Å². The zero-order chi connectivity index (χ0) is 16.8. The van der Waals surface area contributed by atoms with Gasteiger partial charge in [-0.05, 0) is 48.1 Å². The number of rotatable bonds is 3. The summed E-state index contributed by atoms with van der Waals surface area (Å²) >= 11 is 0. The molecule has 2 heterocycles. The van der Waals surface area contributed by atoms with Crippen LogP contribution in [0.5, 0.6) is 0 Å². The zero-order valence-electron chi connectivity index (χ0n) is 15.1. The molecule has 3 heteroatoms. The van der Waals surface area contributed by atoms with Gasteiger partial charge in [-0.2, -0.15) is 0 Å². The molecule has 0 bridgehead atoms. The summed E-state index contributed by atoms with van der Waals surface area (Å²) in [7, 11) is 0.